The fraction of sp³-hybridized carbons (Fsp3) is 0.889. The van der Waals surface area contributed by atoms with Gasteiger partial charge in [0.25, 0.3) is 0 Å². The maximum Gasteiger partial charge on any atom is 0.319 e. The van der Waals surface area contributed by atoms with Gasteiger partial charge in [-0.3, -0.25) is 4.79 Å². The molecule has 0 saturated heterocycles. The number of aliphatic hydroxyl groups is 3. The lowest BCUT2D eigenvalue weighted by Crippen LogP contribution is -2.41. The molecule has 2 unspecified atom stereocenters. The third kappa shape index (κ3) is 3.98. The molecule has 6 heteroatoms. The minimum absolute atomic E-state index is 0.218. The SMILES string of the molecule is CC(S)(C(=O)O)C(CO)CC(CO)CO. The van der Waals surface area contributed by atoms with Crippen molar-refractivity contribution in [2.24, 2.45) is 11.8 Å². The first-order chi connectivity index (χ1) is 6.89. The van der Waals surface area contributed by atoms with Gasteiger partial charge in [-0.25, -0.2) is 0 Å². The number of hydrogen-bond acceptors (Lipinski definition) is 5. The van der Waals surface area contributed by atoms with Crippen molar-refractivity contribution in [3.8, 4) is 0 Å². The molecular weight excluding hydrogens is 220 g/mol. The predicted molar refractivity (Wildman–Crippen MR) is 57.9 cm³/mol. The summed E-state index contributed by atoms with van der Waals surface area (Å²) in [5, 5.41) is 35.7. The number of aliphatic carboxylic acids is 1. The normalized spacial score (nSPS) is 17.5. The average molecular weight is 238 g/mol. The van der Waals surface area contributed by atoms with Crippen LogP contribution in [0.15, 0.2) is 0 Å². The maximum absolute atomic E-state index is 10.9. The van der Waals surface area contributed by atoms with E-state index < -0.39 is 22.6 Å². The van der Waals surface area contributed by atoms with E-state index in [1.165, 1.54) is 6.92 Å². The maximum atomic E-state index is 10.9. The summed E-state index contributed by atoms with van der Waals surface area (Å²) in [6, 6.07) is 0. The molecule has 0 rings (SSSR count). The summed E-state index contributed by atoms with van der Waals surface area (Å²) >= 11 is 3.99. The Morgan fingerprint density at radius 3 is 2.00 bits per heavy atom. The van der Waals surface area contributed by atoms with Crippen molar-refractivity contribution < 1.29 is 25.2 Å². The topological polar surface area (TPSA) is 98.0 Å². The number of carbonyl (C=O) groups is 1. The third-order valence-corrected chi connectivity index (χ3v) is 3.14. The van der Waals surface area contributed by atoms with Crippen LogP contribution in [0, 0.1) is 11.8 Å². The van der Waals surface area contributed by atoms with E-state index in [-0.39, 0.29) is 26.2 Å². The molecule has 2 atom stereocenters. The predicted octanol–water partition coefficient (Wildman–Crippen LogP) is -0.641. The van der Waals surface area contributed by atoms with Gasteiger partial charge in [-0.05, 0) is 13.3 Å². The molecule has 0 radical (unpaired) electrons. The van der Waals surface area contributed by atoms with E-state index in [9.17, 15) is 4.79 Å². The molecule has 0 heterocycles. The van der Waals surface area contributed by atoms with Gasteiger partial charge in [0.1, 0.15) is 4.75 Å². The molecule has 5 nitrogen and oxygen atoms in total. The van der Waals surface area contributed by atoms with Crippen LogP contribution in [0.2, 0.25) is 0 Å². The zero-order valence-corrected chi connectivity index (χ0v) is 9.52. The van der Waals surface area contributed by atoms with Gasteiger partial charge in [-0.15, -0.1) is 0 Å². The van der Waals surface area contributed by atoms with Gasteiger partial charge in [0, 0.05) is 31.7 Å². The van der Waals surface area contributed by atoms with Crippen molar-refractivity contribution >= 4 is 18.6 Å². The lowest BCUT2D eigenvalue weighted by atomic mass is 9.85. The summed E-state index contributed by atoms with van der Waals surface area (Å²) in [6.07, 6.45) is 0.218. The Kier molecular flexibility index (Phi) is 6.19. The summed E-state index contributed by atoms with van der Waals surface area (Å²) in [7, 11) is 0. The van der Waals surface area contributed by atoms with E-state index in [2.05, 4.69) is 12.6 Å². The number of hydrogen-bond donors (Lipinski definition) is 5. The lowest BCUT2D eigenvalue weighted by Gasteiger charge is -2.30. The molecule has 0 amide bonds. The molecule has 0 aliphatic carbocycles. The van der Waals surface area contributed by atoms with Crippen molar-refractivity contribution in [3.63, 3.8) is 0 Å². The molecule has 90 valence electrons. The van der Waals surface area contributed by atoms with Gasteiger partial charge in [-0.1, -0.05) is 0 Å². The highest BCUT2D eigenvalue weighted by Gasteiger charge is 2.38. The minimum atomic E-state index is -1.36. The number of rotatable bonds is 7. The van der Waals surface area contributed by atoms with Crippen LogP contribution in [0.3, 0.4) is 0 Å². The van der Waals surface area contributed by atoms with Gasteiger partial charge in [0.05, 0.1) is 0 Å². The molecule has 0 fully saturated rings. The second kappa shape index (κ2) is 6.32. The Balaban J connectivity index is 4.54. The first-order valence-corrected chi connectivity index (χ1v) is 5.13. The van der Waals surface area contributed by atoms with Crippen LogP contribution < -0.4 is 0 Å². The van der Waals surface area contributed by atoms with E-state index in [0.717, 1.165) is 0 Å². The quantitative estimate of drug-likeness (QED) is 0.380. The van der Waals surface area contributed by atoms with Gasteiger partial charge in [0.2, 0.25) is 0 Å². The van der Waals surface area contributed by atoms with Gasteiger partial charge >= 0.3 is 5.97 Å². The van der Waals surface area contributed by atoms with Crippen molar-refractivity contribution in [2.45, 2.75) is 18.1 Å². The highest BCUT2D eigenvalue weighted by molar-refractivity contribution is 7.82. The Morgan fingerprint density at radius 1 is 1.27 bits per heavy atom. The number of aliphatic hydroxyl groups excluding tert-OH is 3. The highest BCUT2D eigenvalue weighted by Crippen LogP contribution is 2.30. The first kappa shape index (κ1) is 14.7. The average Bonchev–Trinajstić information content (AvgIpc) is 2.19. The smallest absolute Gasteiger partial charge is 0.319 e. The third-order valence-electron chi connectivity index (χ3n) is 2.58. The van der Waals surface area contributed by atoms with Crippen molar-refractivity contribution in [1.82, 2.24) is 0 Å². The molecule has 0 aliphatic heterocycles. The van der Waals surface area contributed by atoms with Crippen LogP contribution in [-0.2, 0) is 4.79 Å². The first-order valence-electron chi connectivity index (χ1n) is 4.68. The molecule has 0 bridgehead atoms. The molecule has 0 aromatic heterocycles. The monoisotopic (exact) mass is 238 g/mol. The summed E-state index contributed by atoms with van der Waals surface area (Å²) in [4.78, 5) is 10.9. The molecule has 0 spiro atoms. The minimum Gasteiger partial charge on any atom is -0.480 e. The van der Waals surface area contributed by atoms with Crippen molar-refractivity contribution in [2.75, 3.05) is 19.8 Å². The second-order valence-electron chi connectivity index (χ2n) is 3.80. The van der Waals surface area contributed by atoms with E-state index in [0.29, 0.717) is 0 Å². The molecule has 0 aliphatic rings. The lowest BCUT2D eigenvalue weighted by molar-refractivity contribution is -0.141. The fourth-order valence-corrected chi connectivity index (χ4v) is 1.45. The summed E-state index contributed by atoms with van der Waals surface area (Å²) in [5.74, 6) is -2.16. The Morgan fingerprint density at radius 2 is 1.73 bits per heavy atom. The number of carboxylic acids is 1. The van der Waals surface area contributed by atoms with E-state index in [4.69, 9.17) is 20.4 Å². The summed E-state index contributed by atoms with van der Waals surface area (Å²) in [5.41, 5.74) is 0. The highest BCUT2D eigenvalue weighted by atomic mass is 32.1. The molecule has 0 aromatic rings. The molecule has 15 heavy (non-hydrogen) atoms. The number of thiol groups is 1. The number of carboxylic acid groups (broad SMARTS) is 1. The molecule has 0 saturated carbocycles. The Hall–Kier alpha value is -0.300. The van der Waals surface area contributed by atoms with E-state index >= 15 is 0 Å². The van der Waals surface area contributed by atoms with Crippen LogP contribution in [0.25, 0.3) is 0 Å². The van der Waals surface area contributed by atoms with Gasteiger partial charge < -0.3 is 20.4 Å². The fourth-order valence-electron chi connectivity index (χ4n) is 1.27. The van der Waals surface area contributed by atoms with Crippen molar-refractivity contribution in [1.29, 1.82) is 0 Å². The van der Waals surface area contributed by atoms with E-state index in [1.54, 1.807) is 0 Å². The largest absolute Gasteiger partial charge is 0.480 e. The summed E-state index contributed by atoms with van der Waals surface area (Å²) in [6.45, 7) is 0.570. The Bertz CT molecular complexity index is 203. The van der Waals surface area contributed by atoms with Crippen molar-refractivity contribution in [3.05, 3.63) is 0 Å². The van der Waals surface area contributed by atoms with E-state index in [1.807, 2.05) is 0 Å². The molecule has 0 aromatic carbocycles. The standard InChI is InChI=1S/C9H18O5S/c1-9(15,8(13)14)7(5-12)2-6(3-10)4-11/h6-7,10-12,15H,2-5H2,1H3,(H,13,14). The summed E-state index contributed by atoms with van der Waals surface area (Å²) < 4.78 is -1.36. The zero-order valence-electron chi connectivity index (χ0n) is 8.63. The second-order valence-corrected chi connectivity index (χ2v) is 4.73. The van der Waals surface area contributed by atoms with Gasteiger partial charge in [0.15, 0.2) is 0 Å². The van der Waals surface area contributed by atoms with Gasteiger partial charge in [-0.2, -0.15) is 12.6 Å². The van der Waals surface area contributed by atoms with Crippen LogP contribution in [0.1, 0.15) is 13.3 Å². The van der Waals surface area contributed by atoms with Crippen LogP contribution in [-0.4, -0.2) is 51.0 Å². The molecular formula is C9H18O5S. The Labute approximate surface area is 94.2 Å². The van der Waals surface area contributed by atoms with Crippen LogP contribution in [0.4, 0.5) is 0 Å². The van der Waals surface area contributed by atoms with Crippen LogP contribution >= 0.6 is 12.6 Å². The molecule has 4 N–H and O–H groups in total. The van der Waals surface area contributed by atoms with Crippen LogP contribution in [0.5, 0.6) is 0 Å². The zero-order chi connectivity index (χ0) is 12.1.